The Morgan fingerprint density at radius 3 is 2.52 bits per heavy atom. The van der Waals surface area contributed by atoms with Gasteiger partial charge in [0.05, 0.1) is 12.9 Å². The second kappa shape index (κ2) is 5.27. The Labute approximate surface area is 131 Å². The topological polar surface area (TPSA) is 152 Å². The van der Waals surface area contributed by atoms with E-state index in [1.807, 2.05) is 0 Å². The number of carbonyl (C=O) groups is 2. The number of aromatic nitrogens is 2. The molecule has 2 aliphatic rings. The summed E-state index contributed by atoms with van der Waals surface area (Å²) in [5.74, 6) is -2.62. The molecule has 1 aromatic rings. The standard InChI is InChI=1S/C13H18N4O6/c1-13(2)22-8-5(3-18)21-12(9(8)23-13)17-4-16-6(10(14)19)7(17)11(15)20/h4-5,8-9,12,18H,3H2,1-2H3,(H2,14,19)(H2,15,20)/t5-,8-,9-,12?/m1/s1. The van der Waals surface area contributed by atoms with Crippen molar-refractivity contribution < 1.29 is 28.9 Å². The summed E-state index contributed by atoms with van der Waals surface area (Å²) in [4.78, 5) is 27.0. The zero-order chi connectivity index (χ0) is 16.9. The lowest BCUT2D eigenvalue weighted by Crippen LogP contribution is -2.32. The molecule has 126 valence electrons. The smallest absolute Gasteiger partial charge is 0.269 e. The SMILES string of the molecule is CC1(C)O[C@@H]2[C@@H](CO)OC(n3cnc(C(N)=O)c3C(N)=O)[C@@H]2O1. The molecule has 3 heterocycles. The maximum absolute atomic E-state index is 11.7. The number of aliphatic hydroxyl groups is 1. The fourth-order valence-electron chi connectivity index (χ4n) is 3.01. The predicted octanol–water partition coefficient (Wildman–Crippen LogP) is -1.51. The number of fused-ring (bicyclic) bond motifs is 1. The van der Waals surface area contributed by atoms with Gasteiger partial charge in [-0.1, -0.05) is 0 Å². The molecule has 10 nitrogen and oxygen atoms in total. The molecule has 10 heteroatoms. The molecule has 0 radical (unpaired) electrons. The highest BCUT2D eigenvalue weighted by molar-refractivity contribution is 6.03. The molecule has 2 fully saturated rings. The van der Waals surface area contributed by atoms with Gasteiger partial charge in [-0.3, -0.25) is 14.2 Å². The van der Waals surface area contributed by atoms with Crippen LogP contribution < -0.4 is 11.5 Å². The van der Waals surface area contributed by atoms with Gasteiger partial charge in [-0.2, -0.15) is 0 Å². The van der Waals surface area contributed by atoms with E-state index in [0.29, 0.717) is 0 Å². The monoisotopic (exact) mass is 326 g/mol. The Kier molecular flexibility index (Phi) is 3.64. The second-order valence-corrected chi connectivity index (χ2v) is 5.89. The van der Waals surface area contributed by atoms with E-state index < -0.39 is 42.1 Å². The number of rotatable bonds is 4. The minimum atomic E-state index is -0.880. The quantitative estimate of drug-likeness (QED) is 0.608. The molecule has 1 unspecified atom stereocenters. The third kappa shape index (κ3) is 2.49. The first-order valence-electron chi connectivity index (χ1n) is 7.03. The van der Waals surface area contributed by atoms with E-state index in [0.717, 1.165) is 0 Å². The number of hydrogen-bond acceptors (Lipinski definition) is 7. The van der Waals surface area contributed by atoms with E-state index in [-0.39, 0.29) is 18.0 Å². The number of hydrogen-bond donors (Lipinski definition) is 3. The van der Waals surface area contributed by atoms with Crippen LogP contribution in [0.2, 0.25) is 0 Å². The van der Waals surface area contributed by atoms with Crippen LogP contribution in [0.1, 0.15) is 41.1 Å². The Morgan fingerprint density at radius 1 is 1.30 bits per heavy atom. The molecule has 0 aromatic carbocycles. The van der Waals surface area contributed by atoms with Crippen molar-refractivity contribution in [2.24, 2.45) is 11.5 Å². The fourth-order valence-corrected chi connectivity index (χ4v) is 3.01. The Balaban J connectivity index is 2.02. The number of aliphatic hydroxyl groups excluding tert-OH is 1. The molecular formula is C13H18N4O6. The van der Waals surface area contributed by atoms with Crippen molar-refractivity contribution in [2.45, 2.75) is 44.2 Å². The number of primary amides is 2. The zero-order valence-electron chi connectivity index (χ0n) is 12.6. The summed E-state index contributed by atoms with van der Waals surface area (Å²) in [7, 11) is 0. The van der Waals surface area contributed by atoms with Crippen LogP contribution in [-0.4, -0.2) is 57.2 Å². The lowest BCUT2D eigenvalue weighted by Gasteiger charge is -2.24. The van der Waals surface area contributed by atoms with Crippen LogP contribution >= 0.6 is 0 Å². The van der Waals surface area contributed by atoms with Gasteiger partial charge in [0.2, 0.25) is 0 Å². The average Bonchev–Trinajstić information content (AvgIpc) is 3.08. The summed E-state index contributed by atoms with van der Waals surface area (Å²) in [6.45, 7) is 3.17. The van der Waals surface area contributed by atoms with Crippen LogP contribution in [0.15, 0.2) is 6.33 Å². The predicted molar refractivity (Wildman–Crippen MR) is 74.1 cm³/mol. The number of nitrogens with two attached hydrogens (primary N) is 2. The molecule has 4 atom stereocenters. The highest BCUT2D eigenvalue weighted by Crippen LogP contribution is 2.43. The molecule has 2 aliphatic heterocycles. The molecule has 5 N–H and O–H groups in total. The molecule has 3 rings (SSSR count). The van der Waals surface area contributed by atoms with Crippen molar-refractivity contribution in [1.82, 2.24) is 9.55 Å². The first-order chi connectivity index (χ1) is 10.7. The van der Waals surface area contributed by atoms with Crippen molar-refractivity contribution in [3.63, 3.8) is 0 Å². The number of ether oxygens (including phenoxy) is 3. The first-order valence-corrected chi connectivity index (χ1v) is 7.03. The van der Waals surface area contributed by atoms with Crippen molar-refractivity contribution >= 4 is 11.8 Å². The van der Waals surface area contributed by atoms with E-state index in [1.54, 1.807) is 13.8 Å². The second-order valence-electron chi connectivity index (χ2n) is 5.89. The van der Waals surface area contributed by atoms with Crippen molar-refractivity contribution in [1.29, 1.82) is 0 Å². The highest BCUT2D eigenvalue weighted by atomic mass is 16.8. The van der Waals surface area contributed by atoms with E-state index in [2.05, 4.69) is 4.98 Å². The number of carbonyl (C=O) groups excluding carboxylic acids is 2. The summed E-state index contributed by atoms with van der Waals surface area (Å²) >= 11 is 0. The van der Waals surface area contributed by atoms with E-state index in [9.17, 15) is 14.7 Å². The minimum Gasteiger partial charge on any atom is -0.394 e. The maximum Gasteiger partial charge on any atom is 0.269 e. The maximum atomic E-state index is 11.7. The molecular weight excluding hydrogens is 308 g/mol. The fraction of sp³-hybridized carbons (Fsp3) is 0.615. The molecule has 23 heavy (non-hydrogen) atoms. The van der Waals surface area contributed by atoms with Crippen LogP contribution in [0.5, 0.6) is 0 Å². The van der Waals surface area contributed by atoms with Crippen LogP contribution in [0.3, 0.4) is 0 Å². The van der Waals surface area contributed by atoms with Gasteiger partial charge < -0.3 is 30.8 Å². The van der Waals surface area contributed by atoms with Gasteiger partial charge in [-0.15, -0.1) is 0 Å². The largest absolute Gasteiger partial charge is 0.394 e. The van der Waals surface area contributed by atoms with Gasteiger partial charge in [0.15, 0.2) is 17.7 Å². The van der Waals surface area contributed by atoms with Gasteiger partial charge in [0.1, 0.15) is 24.0 Å². The Bertz CT molecular complexity index is 657. The molecule has 0 bridgehead atoms. The van der Waals surface area contributed by atoms with E-state index in [1.165, 1.54) is 10.9 Å². The molecule has 0 spiro atoms. The van der Waals surface area contributed by atoms with E-state index >= 15 is 0 Å². The van der Waals surface area contributed by atoms with Crippen LogP contribution in [0.4, 0.5) is 0 Å². The van der Waals surface area contributed by atoms with Crippen molar-refractivity contribution in [3.05, 3.63) is 17.7 Å². The average molecular weight is 326 g/mol. The Hall–Kier alpha value is -2.01. The molecule has 2 saturated heterocycles. The lowest BCUT2D eigenvalue weighted by molar-refractivity contribution is -0.200. The van der Waals surface area contributed by atoms with Gasteiger partial charge in [0, 0.05) is 0 Å². The molecule has 0 saturated carbocycles. The van der Waals surface area contributed by atoms with Gasteiger partial charge in [0.25, 0.3) is 11.8 Å². The normalized spacial score (nSPS) is 32.0. The summed E-state index contributed by atoms with van der Waals surface area (Å²) in [5.41, 5.74) is 10.1. The van der Waals surface area contributed by atoms with Gasteiger partial charge in [-0.05, 0) is 13.8 Å². The van der Waals surface area contributed by atoms with Crippen molar-refractivity contribution in [2.75, 3.05) is 6.61 Å². The van der Waals surface area contributed by atoms with Gasteiger partial charge in [-0.25, -0.2) is 4.98 Å². The third-order valence-corrected chi connectivity index (χ3v) is 3.84. The summed E-state index contributed by atoms with van der Waals surface area (Å²) < 4.78 is 18.5. The molecule has 1 aromatic heterocycles. The minimum absolute atomic E-state index is 0.173. The first kappa shape index (κ1) is 15.9. The number of imidazole rings is 1. The third-order valence-electron chi connectivity index (χ3n) is 3.84. The summed E-state index contributed by atoms with van der Waals surface area (Å²) in [6, 6.07) is 0. The molecule has 2 amide bonds. The van der Waals surface area contributed by atoms with Gasteiger partial charge >= 0.3 is 0 Å². The lowest BCUT2D eigenvalue weighted by atomic mass is 10.1. The number of nitrogens with zero attached hydrogens (tertiary/aromatic N) is 2. The molecule has 0 aliphatic carbocycles. The summed E-state index contributed by atoms with van der Waals surface area (Å²) in [5, 5.41) is 9.47. The Morgan fingerprint density at radius 2 is 1.96 bits per heavy atom. The number of amides is 2. The van der Waals surface area contributed by atoms with Crippen molar-refractivity contribution in [3.8, 4) is 0 Å². The van der Waals surface area contributed by atoms with Crippen LogP contribution in [-0.2, 0) is 14.2 Å². The van der Waals surface area contributed by atoms with E-state index in [4.69, 9.17) is 25.7 Å². The van der Waals surface area contributed by atoms with Crippen LogP contribution in [0.25, 0.3) is 0 Å². The highest BCUT2D eigenvalue weighted by Gasteiger charge is 2.56. The summed E-state index contributed by atoms with van der Waals surface area (Å²) in [6.07, 6.45) is -1.37. The zero-order valence-corrected chi connectivity index (χ0v) is 12.6. The van der Waals surface area contributed by atoms with Crippen LogP contribution in [0, 0.1) is 0 Å².